The van der Waals surface area contributed by atoms with E-state index in [9.17, 15) is 9.59 Å². The van der Waals surface area contributed by atoms with Crippen LogP contribution < -0.4 is 15.0 Å². The first-order valence-electron chi connectivity index (χ1n) is 7.99. The van der Waals surface area contributed by atoms with Crippen LogP contribution in [0.1, 0.15) is 22.5 Å². The summed E-state index contributed by atoms with van der Waals surface area (Å²) in [4.78, 5) is 26.8. The topological polar surface area (TPSA) is 71.8 Å². The fourth-order valence-electron chi connectivity index (χ4n) is 2.80. The molecule has 2 aliphatic rings. The van der Waals surface area contributed by atoms with Crippen molar-refractivity contribution in [2.75, 3.05) is 18.1 Å². The molecule has 0 radical (unpaired) electrons. The van der Waals surface area contributed by atoms with Crippen molar-refractivity contribution in [1.29, 1.82) is 0 Å². The summed E-state index contributed by atoms with van der Waals surface area (Å²) in [6.45, 7) is 1.05. The summed E-state index contributed by atoms with van der Waals surface area (Å²) < 4.78 is 11.5. The first kappa shape index (κ1) is 16.9. The number of ether oxygens (including phenoxy) is 1. The SMILES string of the molecule is O=C1NC(=S)S/C1=C\c1ccc2c(c1)N(C(=O)c1ccco1)CCCO2. The number of hydrogen-bond donors (Lipinski definition) is 1. The predicted molar refractivity (Wildman–Crippen MR) is 103 cm³/mol. The van der Waals surface area contributed by atoms with E-state index in [1.54, 1.807) is 23.1 Å². The summed E-state index contributed by atoms with van der Waals surface area (Å²) in [5.74, 6) is 0.469. The van der Waals surface area contributed by atoms with Crippen molar-refractivity contribution in [3.05, 3.63) is 52.8 Å². The maximum atomic E-state index is 12.8. The maximum Gasteiger partial charge on any atom is 0.294 e. The Kier molecular flexibility index (Phi) is 4.52. The number of nitrogens with one attached hydrogen (secondary N) is 1. The molecule has 0 spiro atoms. The summed E-state index contributed by atoms with van der Waals surface area (Å²) in [5, 5.41) is 2.59. The van der Waals surface area contributed by atoms with Crippen LogP contribution in [0.3, 0.4) is 0 Å². The Balaban J connectivity index is 1.72. The number of carbonyl (C=O) groups excluding carboxylic acids is 2. The van der Waals surface area contributed by atoms with Crippen LogP contribution in [0.5, 0.6) is 5.75 Å². The van der Waals surface area contributed by atoms with E-state index in [1.807, 2.05) is 18.2 Å². The van der Waals surface area contributed by atoms with Crippen molar-refractivity contribution in [1.82, 2.24) is 5.32 Å². The molecule has 0 unspecified atom stereocenters. The van der Waals surface area contributed by atoms with Gasteiger partial charge in [-0.1, -0.05) is 30.0 Å². The fraction of sp³-hybridized carbons (Fsp3) is 0.167. The van der Waals surface area contributed by atoms with Crippen molar-refractivity contribution in [2.24, 2.45) is 0 Å². The summed E-state index contributed by atoms with van der Waals surface area (Å²) in [6, 6.07) is 8.82. The van der Waals surface area contributed by atoms with Gasteiger partial charge >= 0.3 is 0 Å². The number of nitrogens with zero attached hydrogens (tertiary/aromatic N) is 1. The van der Waals surface area contributed by atoms with Gasteiger partial charge in [-0.3, -0.25) is 9.59 Å². The number of rotatable bonds is 2. The van der Waals surface area contributed by atoms with Gasteiger partial charge in [-0.25, -0.2) is 0 Å². The van der Waals surface area contributed by atoms with E-state index >= 15 is 0 Å². The second-order valence-electron chi connectivity index (χ2n) is 5.72. The third-order valence-corrected chi connectivity index (χ3v) is 5.14. The van der Waals surface area contributed by atoms with Crippen LogP contribution in [0.15, 0.2) is 45.9 Å². The van der Waals surface area contributed by atoms with Gasteiger partial charge in [-0.2, -0.15) is 0 Å². The molecule has 132 valence electrons. The lowest BCUT2D eigenvalue weighted by molar-refractivity contribution is -0.115. The molecule has 1 fully saturated rings. The first-order chi connectivity index (χ1) is 12.6. The molecular formula is C18H14N2O4S2. The molecule has 2 aliphatic heterocycles. The van der Waals surface area contributed by atoms with Crippen LogP contribution in [0.25, 0.3) is 6.08 Å². The molecule has 1 aromatic carbocycles. The zero-order valence-electron chi connectivity index (χ0n) is 13.6. The molecule has 26 heavy (non-hydrogen) atoms. The average Bonchev–Trinajstić information content (AvgIpc) is 3.20. The van der Waals surface area contributed by atoms with E-state index < -0.39 is 0 Å². The highest BCUT2D eigenvalue weighted by molar-refractivity contribution is 8.26. The van der Waals surface area contributed by atoms with Gasteiger partial charge in [-0.05, 0) is 42.3 Å². The Morgan fingerprint density at radius 2 is 2.23 bits per heavy atom. The van der Waals surface area contributed by atoms with Crippen LogP contribution in [0.2, 0.25) is 0 Å². The zero-order valence-corrected chi connectivity index (χ0v) is 15.2. The second-order valence-corrected chi connectivity index (χ2v) is 7.43. The second kappa shape index (κ2) is 6.97. The van der Waals surface area contributed by atoms with Gasteiger partial charge in [0.2, 0.25) is 0 Å². The monoisotopic (exact) mass is 386 g/mol. The maximum absolute atomic E-state index is 12.8. The Morgan fingerprint density at radius 3 is 2.96 bits per heavy atom. The van der Waals surface area contributed by atoms with Crippen LogP contribution in [-0.4, -0.2) is 29.3 Å². The van der Waals surface area contributed by atoms with Gasteiger partial charge in [0.15, 0.2) is 5.76 Å². The molecule has 2 aromatic rings. The van der Waals surface area contributed by atoms with E-state index in [0.29, 0.717) is 40.2 Å². The Hall–Kier alpha value is -2.58. The number of carbonyl (C=O) groups is 2. The predicted octanol–water partition coefficient (Wildman–Crippen LogP) is 3.20. The molecular weight excluding hydrogens is 372 g/mol. The standard InChI is InChI=1S/C18H14N2O4S2/c21-16-15(26-18(25)19-16)10-11-4-5-13-12(9-11)20(6-2-8-23-13)17(22)14-3-1-7-24-14/h1,3-5,7,9-10H,2,6,8H2,(H,19,21,25)/b15-10-. The number of anilines is 1. The van der Waals surface area contributed by atoms with Crippen molar-refractivity contribution in [2.45, 2.75) is 6.42 Å². The molecule has 0 saturated carbocycles. The van der Waals surface area contributed by atoms with Gasteiger partial charge in [0.05, 0.1) is 23.5 Å². The number of thiocarbonyl (C=S) groups is 1. The van der Waals surface area contributed by atoms with Crippen LogP contribution >= 0.6 is 24.0 Å². The van der Waals surface area contributed by atoms with Crippen molar-refractivity contribution in [3.8, 4) is 5.75 Å². The lowest BCUT2D eigenvalue weighted by Crippen LogP contribution is -2.31. The van der Waals surface area contributed by atoms with Crippen LogP contribution in [-0.2, 0) is 4.79 Å². The number of amides is 2. The minimum Gasteiger partial charge on any atom is -0.491 e. The summed E-state index contributed by atoms with van der Waals surface area (Å²) in [5.41, 5.74) is 1.44. The van der Waals surface area contributed by atoms with Gasteiger partial charge in [0, 0.05) is 6.54 Å². The van der Waals surface area contributed by atoms with E-state index in [0.717, 1.165) is 5.56 Å². The molecule has 1 saturated heterocycles. The van der Waals surface area contributed by atoms with Gasteiger partial charge in [0.1, 0.15) is 10.1 Å². The average molecular weight is 386 g/mol. The molecule has 0 aliphatic carbocycles. The van der Waals surface area contributed by atoms with E-state index in [2.05, 4.69) is 5.32 Å². The quantitative estimate of drug-likeness (QED) is 0.631. The molecule has 0 atom stereocenters. The molecule has 4 rings (SSSR count). The lowest BCUT2D eigenvalue weighted by atomic mass is 10.1. The Bertz CT molecular complexity index is 921. The van der Waals surface area contributed by atoms with E-state index in [1.165, 1.54) is 18.0 Å². The molecule has 1 aromatic heterocycles. The minimum atomic E-state index is -0.222. The van der Waals surface area contributed by atoms with Gasteiger partial charge in [0.25, 0.3) is 11.8 Å². The summed E-state index contributed by atoms with van der Waals surface area (Å²) in [7, 11) is 0. The molecule has 2 amide bonds. The molecule has 1 N–H and O–H groups in total. The Labute approximate surface area is 159 Å². The molecule has 6 nitrogen and oxygen atoms in total. The van der Waals surface area contributed by atoms with E-state index in [-0.39, 0.29) is 17.6 Å². The number of benzene rings is 1. The van der Waals surface area contributed by atoms with Crippen LogP contribution in [0, 0.1) is 0 Å². The molecule has 0 bridgehead atoms. The highest BCUT2D eigenvalue weighted by atomic mass is 32.2. The third kappa shape index (κ3) is 3.25. The lowest BCUT2D eigenvalue weighted by Gasteiger charge is -2.21. The highest BCUT2D eigenvalue weighted by Crippen LogP contribution is 2.35. The summed E-state index contributed by atoms with van der Waals surface area (Å²) in [6.07, 6.45) is 3.94. The van der Waals surface area contributed by atoms with Crippen molar-refractivity contribution < 1.29 is 18.7 Å². The number of furan rings is 1. The smallest absolute Gasteiger partial charge is 0.294 e. The Morgan fingerprint density at radius 1 is 1.35 bits per heavy atom. The number of hydrogen-bond acceptors (Lipinski definition) is 6. The molecule has 8 heteroatoms. The number of thioether (sulfide) groups is 1. The van der Waals surface area contributed by atoms with Crippen molar-refractivity contribution >= 4 is 51.9 Å². The fourth-order valence-corrected chi connectivity index (χ4v) is 3.84. The minimum absolute atomic E-state index is 0.213. The van der Waals surface area contributed by atoms with Crippen molar-refractivity contribution in [3.63, 3.8) is 0 Å². The van der Waals surface area contributed by atoms with Gasteiger partial charge in [-0.15, -0.1) is 0 Å². The van der Waals surface area contributed by atoms with Crippen LogP contribution in [0.4, 0.5) is 5.69 Å². The first-order valence-corrected chi connectivity index (χ1v) is 9.21. The van der Waals surface area contributed by atoms with Gasteiger partial charge < -0.3 is 19.4 Å². The molecule has 3 heterocycles. The summed E-state index contributed by atoms with van der Waals surface area (Å²) >= 11 is 6.23. The van der Waals surface area contributed by atoms with E-state index in [4.69, 9.17) is 21.4 Å². The third-order valence-electron chi connectivity index (χ3n) is 3.97. The normalized spacial score (nSPS) is 18.3. The highest BCUT2D eigenvalue weighted by Gasteiger charge is 2.26. The number of fused-ring (bicyclic) bond motifs is 1. The largest absolute Gasteiger partial charge is 0.491 e. The zero-order chi connectivity index (χ0) is 18.1.